The van der Waals surface area contributed by atoms with Crippen LogP contribution in [-0.2, 0) is 9.53 Å². The van der Waals surface area contributed by atoms with Gasteiger partial charge in [0.05, 0.1) is 5.66 Å². The summed E-state index contributed by atoms with van der Waals surface area (Å²) < 4.78 is 5.06. The van der Waals surface area contributed by atoms with E-state index in [0.29, 0.717) is 5.88 Å². The lowest BCUT2D eigenvalue weighted by Gasteiger charge is -2.41. The lowest BCUT2D eigenvalue weighted by atomic mass is 9.99. The molecule has 1 aliphatic rings. The van der Waals surface area contributed by atoms with Gasteiger partial charge in [-0.15, -0.1) is 0 Å². The summed E-state index contributed by atoms with van der Waals surface area (Å²) in [5, 5.41) is 6.42. The van der Waals surface area contributed by atoms with Gasteiger partial charge in [-0.1, -0.05) is 6.58 Å². The van der Waals surface area contributed by atoms with Crippen molar-refractivity contribution in [1.29, 1.82) is 0 Å². The van der Waals surface area contributed by atoms with E-state index in [1.54, 1.807) is 0 Å². The summed E-state index contributed by atoms with van der Waals surface area (Å²) in [7, 11) is 0. The third-order valence-electron chi connectivity index (χ3n) is 1.94. The Hall–Kier alpha value is -1.29. The fourth-order valence-electron chi connectivity index (χ4n) is 1.75. The second kappa shape index (κ2) is 3.70. The number of esters is 1. The van der Waals surface area contributed by atoms with E-state index in [1.807, 2.05) is 33.8 Å². The molecule has 15 heavy (non-hydrogen) atoms. The smallest absolute Gasteiger partial charge is 0.336 e. The molecule has 1 heterocycles. The van der Waals surface area contributed by atoms with Gasteiger partial charge in [0.1, 0.15) is 0 Å². The summed E-state index contributed by atoms with van der Waals surface area (Å²) in [5.41, 5.74) is -0.527. The molecule has 0 bridgehead atoms. The Morgan fingerprint density at radius 1 is 1.47 bits per heavy atom. The summed E-state index contributed by atoms with van der Waals surface area (Å²) in [4.78, 5) is 11.1. The Morgan fingerprint density at radius 2 is 2.07 bits per heavy atom. The first kappa shape index (κ1) is 11.8. The molecule has 0 spiro atoms. The highest BCUT2D eigenvalue weighted by molar-refractivity contribution is 5.82. The molecule has 0 radical (unpaired) electrons. The number of carbonyl (C=O) groups excluding carboxylic acids is 1. The summed E-state index contributed by atoms with van der Waals surface area (Å²) >= 11 is 0. The molecule has 84 valence electrons. The standard InChI is InChI=1S/C11H18N2O2/c1-6-9(14)15-8-7-10(2,3)13-11(4,5)12-8/h6-7,12-13H,1H2,2-5H3. The number of ether oxygens (including phenoxy) is 1. The number of hydrogen-bond donors (Lipinski definition) is 2. The van der Waals surface area contributed by atoms with Crippen LogP contribution in [0.2, 0.25) is 0 Å². The van der Waals surface area contributed by atoms with E-state index in [4.69, 9.17) is 4.74 Å². The van der Waals surface area contributed by atoms with Crippen molar-refractivity contribution < 1.29 is 9.53 Å². The van der Waals surface area contributed by atoms with Crippen molar-refractivity contribution in [2.45, 2.75) is 38.9 Å². The fraction of sp³-hybridized carbons (Fsp3) is 0.545. The minimum atomic E-state index is -0.456. The molecule has 0 amide bonds. The van der Waals surface area contributed by atoms with Gasteiger partial charge in [0.15, 0.2) is 5.88 Å². The first-order valence-corrected chi connectivity index (χ1v) is 4.89. The molecule has 1 rings (SSSR count). The van der Waals surface area contributed by atoms with Gasteiger partial charge in [-0.3, -0.25) is 5.32 Å². The molecule has 0 aromatic rings. The molecular formula is C11H18N2O2. The van der Waals surface area contributed by atoms with Crippen LogP contribution < -0.4 is 10.6 Å². The summed E-state index contributed by atoms with van der Waals surface area (Å²) in [6.45, 7) is 11.3. The third-order valence-corrected chi connectivity index (χ3v) is 1.94. The predicted molar refractivity (Wildman–Crippen MR) is 58.8 cm³/mol. The predicted octanol–water partition coefficient (Wildman–Crippen LogP) is 1.26. The molecule has 0 saturated heterocycles. The van der Waals surface area contributed by atoms with Gasteiger partial charge in [0, 0.05) is 11.6 Å². The summed E-state index contributed by atoms with van der Waals surface area (Å²) in [6, 6.07) is 0. The van der Waals surface area contributed by atoms with E-state index in [0.717, 1.165) is 6.08 Å². The molecular weight excluding hydrogens is 192 g/mol. The van der Waals surface area contributed by atoms with E-state index in [1.165, 1.54) is 0 Å². The van der Waals surface area contributed by atoms with Crippen molar-refractivity contribution in [3.05, 3.63) is 24.6 Å². The van der Waals surface area contributed by atoms with Gasteiger partial charge in [0.25, 0.3) is 0 Å². The first-order chi connectivity index (χ1) is 6.74. The van der Waals surface area contributed by atoms with E-state index in [9.17, 15) is 4.79 Å². The van der Waals surface area contributed by atoms with Crippen LogP contribution in [0.25, 0.3) is 0 Å². The van der Waals surface area contributed by atoms with Gasteiger partial charge < -0.3 is 10.1 Å². The Kier molecular flexibility index (Phi) is 2.90. The van der Waals surface area contributed by atoms with Crippen LogP contribution in [0.15, 0.2) is 24.6 Å². The van der Waals surface area contributed by atoms with Crippen molar-refractivity contribution in [2.75, 3.05) is 0 Å². The van der Waals surface area contributed by atoms with Crippen LogP contribution in [0.1, 0.15) is 27.7 Å². The summed E-state index contributed by atoms with van der Waals surface area (Å²) in [5.74, 6) is 0.0101. The van der Waals surface area contributed by atoms with Crippen LogP contribution >= 0.6 is 0 Å². The third kappa shape index (κ3) is 3.40. The number of carbonyl (C=O) groups is 1. The van der Waals surface area contributed by atoms with Crippen LogP contribution in [0.4, 0.5) is 0 Å². The van der Waals surface area contributed by atoms with Crippen molar-refractivity contribution >= 4 is 5.97 Å². The van der Waals surface area contributed by atoms with Crippen molar-refractivity contribution in [2.24, 2.45) is 0 Å². The minimum Gasteiger partial charge on any atom is -0.407 e. The highest BCUT2D eigenvalue weighted by Crippen LogP contribution is 2.19. The topological polar surface area (TPSA) is 50.4 Å². The molecule has 0 aliphatic carbocycles. The Labute approximate surface area is 90.4 Å². The van der Waals surface area contributed by atoms with Crippen molar-refractivity contribution in [3.8, 4) is 0 Å². The molecule has 0 fully saturated rings. The van der Waals surface area contributed by atoms with Crippen LogP contribution in [0, 0.1) is 0 Å². The quantitative estimate of drug-likeness (QED) is 0.532. The minimum absolute atomic E-state index is 0.217. The maximum Gasteiger partial charge on any atom is 0.336 e. The first-order valence-electron chi connectivity index (χ1n) is 4.89. The SMILES string of the molecule is C=CC(=O)OC1=CC(C)(C)NC(C)(C)N1. The zero-order valence-electron chi connectivity index (χ0n) is 9.68. The van der Waals surface area contributed by atoms with E-state index in [2.05, 4.69) is 17.2 Å². The van der Waals surface area contributed by atoms with E-state index < -0.39 is 5.97 Å². The van der Waals surface area contributed by atoms with Crippen molar-refractivity contribution in [1.82, 2.24) is 10.6 Å². The molecule has 0 saturated carbocycles. The zero-order valence-corrected chi connectivity index (χ0v) is 9.68. The summed E-state index contributed by atoms with van der Waals surface area (Å²) in [6.07, 6.45) is 2.98. The number of hydrogen-bond acceptors (Lipinski definition) is 4. The molecule has 4 heteroatoms. The average molecular weight is 210 g/mol. The maximum atomic E-state index is 11.1. The molecule has 0 unspecified atom stereocenters. The maximum absolute atomic E-state index is 11.1. The molecule has 0 atom stereocenters. The highest BCUT2D eigenvalue weighted by Gasteiger charge is 2.32. The Balaban J connectivity index is 2.84. The Morgan fingerprint density at radius 3 is 2.53 bits per heavy atom. The zero-order chi connectivity index (χ0) is 11.7. The largest absolute Gasteiger partial charge is 0.407 e. The van der Waals surface area contributed by atoms with Crippen LogP contribution in [-0.4, -0.2) is 17.2 Å². The van der Waals surface area contributed by atoms with E-state index in [-0.39, 0.29) is 11.2 Å². The second-order valence-electron chi connectivity index (χ2n) is 4.73. The second-order valence-corrected chi connectivity index (χ2v) is 4.73. The molecule has 0 aromatic carbocycles. The van der Waals surface area contributed by atoms with Crippen LogP contribution in [0.3, 0.4) is 0 Å². The van der Waals surface area contributed by atoms with Gasteiger partial charge in [-0.25, -0.2) is 4.79 Å². The number of rotatable bonds is 2. The van der Waals surface area contributed by atoms with Crippen molar-refractivity contribution in [3.63, 3.8) is 0 Å². The molecule has 4 nitrogen and oxygen atoms in total. The van der Waals surface area contributed by atoms with Gasteiger partial charge >= 0.3 is 5.97 Å². The monoisotopic (exact) mass is 210 g/mol. The molecule has 0 aromatic heterocycles. The average Bonchev–Trinajstić information content (AvgIpc) is 1.97. The Bertz CT molecular complexity index is 317. The van der Waals surface area contributed by atoms with Gasteiger partial charge in [-0.2, -0.15) is 0 Å². The highest BCUT2D eigenvalue weighted by atomic mass is 16.5. The van der Waals surface area contributed by atoms with Gasteiger partial charge in [-0.05, 0) is 33.8 Å². The lowest BCUT2D eigenvalue weighted by molar-refractivity contribution is -0.134. The van der Waals surface area contributed by atoms with Gasteiger partial charge in [0.2, 0.25) is 0 Å². The lowest BCUT2D eigenvalue weighted by Crippen LogP contribution is -2.62. The fourth-order valence-corrected chi connectivity index (χ4v) is 1.75. The molecule has 1 aliphatic heterocycles. The van der Waals surface area contributed by atoms with E-state index >= 15 is 0 Å². The normalized spacial score (nSPS) is 22.3. The number of nitrogens with one attached hydrogen (secondary N) is 2. The van der Waals surface area contributed by atoms with Crippen LogP contribution in [0.5, 0.6) is 0 Å². The molecule has 2 N–H and O–H groups in total.